The molecule has 0 saturated carbocycles. The summed E-state index contributed by atoms with van der Waals surface area (Å²) in [5, 5.41) is 9.58. The minimum absolute atomic E-state index is 0.107. The molecule has 9 heteroatoms. The van der Waals surface area contributed by atoms with Crippen molar-refractivity contribution < 1.29 is 23.5 Å². The molecule has 1 aromatic heterocycles. The van der Waals surface area contributed by atoms with Crippen molar-refractivity contribution in [2.24, 2.45) is 7.05 Å². The number of carbonyl (C=O) groups is 3. The van der Waals surface area contributed by atoms with Crippen LogP contribution in [-0.2, 0) is 23.1 Å². The van der Waals surface area contributed by atoms with Crippen LogP contribution in [0.2, 0.25) is 0 Å². The van der Waals surface area contributed by atoms with Crippen LogP contribution in [0.15, 0.2) is 54.6 Å². The molecule has 0 fully saturated rings. The Morgan fingerprint density at radius 1 is 1.15 bits per heavy atom. The van der Waals surface area contributed by atoms with Gasteiger partial charge in [-0.15, -0.1) is 0 Å². The zero-order valence-electron chi connectivity index (χ0n) is 18.4. The third-order valence-electron chi connectivity index (χ3n) is 4.64. The van der Waals surface area contributed by atoms with E-state index < -0.39 is 17.7 Å². The van der Waals surface area contributed by atoms with Crippen molar-refractivity contribution in [3.05, 3.63) is 88.5 Å². The van der Waals surface area contributed by atoms with Gasteiger partial charge in [0.1, 0.15) is 11.5 Å². The van der Waals surface area contributed by atoms with Crippen LogP contribution in [0.5, 0.6) is 0 Å². The van der Waals surface area contributed by atoms with Gasteiger partial charge in [0.25, 0.3) is 5.91 Å². The molecule has 0 aliphatic rings. The molecular formula is C24H23FN4O4. The topological polar surface area (TPSA) is 102 Å². The van der Waals surface area contributed by atoms with Crippen molar-refractivity contribution in [2.45, 2.75) is 13.5 Å². The molecule has 0 unspecified atom stereocenters. The number of amides is 2. The average Bonchev–Trinajstić information content (AvgIpc) is 3.13. The van der Waals surface area contributed by atoms with E-state index in [1.165, 1.54) is 42.1 Å². The van der Waals surface area contributed by atoms with Crippen LogP contribution >= 0.6 is 0 Å². The molecule has 0 aliphatic carbocycles. The van der Waals surface area contributed by atoms with Crippen LogP contribution in [0.4, 0.5) is 10.1 Å². The predicted octanol–water partition coefficient (Wildman–Crippen LogP) is 3.24. The first-order valence-electron chi connectivity index (χ1n) is 10.0. The number of nitrogens with one attached hydrogen (secondary N) is 2. The van der Waals surface area contributed by atoms with E-state index >= 15 is 0 Å². The van der Waals surface area contributed by atoms with Crippen molar-refractivity contribution in [1.29, 1.82) is 0 Å². The van der Waals surface area contributed by atoms with Gasteiger partial charge in [0, 0.05) is 25.4 Å². The van der Waals surface area contributed by atoms with Gasteiger partial charge in [0.05, 0.1) is 18.4 Å². The number of rotatable bonds is 7. The zero-order valence-corrected chi connectivity index (χ0v) is 18.4. The summed E-state index contributed by atoms with van der Waals surface area (Å²) < 4.78 is 19.5. The Morgan fingerprint density at radius 3 is 2.61 bits per heavy atom. The Morgan fingerprint density at radius 2 is 1.94 bits per heavy atom. The molecule has 2 amide bonds. The Bertz CT molecular complexity index is 1230. The van der Waals surface area contributed by atoms with E-state index in [9.17, 15) is 18.8 Å². The maximum absolute atomic E-state index is 13.3. The SMILES string of the molecule is COC(=O)c1cc(CNC(=O)c2cc(C)nn2C)cc(NC(=O)C=Cc2cccc(F)c2)c1. The zero-order chi connectivity index (χ0) is 24.0. The third-order valence-corrected chi connectivity index (χ3v) is 4.64. The quantitative estimate of drug-likeness (QED) is 0.425. The highest BCUT2D eigenvalue weighted by molar-refractivity contribution is 6.03. The molecule has 1 heterocycles. The smallest absolute Gasteiger partial charge is 0.337 e. The molecular weight excluding hydrogens is 427 g/mol. The van der Waals surface area contributed by atoms with Gasteiger partial charge in [-0.1, -0.05) is 12.1 Å². The maximum Gasteiger partial charge on any atom is 0.337 e. The minimum atomic E-state index is -0.587. The van der Waals surface area contributed by atoms with Crippen LogP contribution in [0, 0.1) is 12.7 Å². The van der Waals surface area contributed by atoms with E-state index in [0.717, 1.165) is 0 Å². The van der Waals surface area contributed by atoms with Crippen LogP contribution in [0.3, 0.4) is 0 Å². The highest BCUT2D eigenvalue weighted by atomic mass is 19.1. The maximum atomic E-state index is 13.3. The van der Waals surface area contributed by atoms with E-state index in [4.69, 9.17) is 4.74 Å². The van der Waals surface area contributed by atoms with Crippen LogP contribution in [-0.4, -0.2) is 34.7 Å². The van der Waals surface area contributed by atoms with Gasteiger partial charge in [-0.25, -0.2) is 9.18 Å². The molecule has 8 nitrogen and oxygen atoms in total. The molecule has 0 spiro atoms. The van der Waals surface area contributed by atoms with E-state index in [2.05, 4.69) is 15.7 Å². The lowest BCUT2D eigenvalue weighted by Gasteiger charge is -2.11. The van der Waals surface area contributed by atoms with Gasteiger partial charge in [-0.05, 0) is 60.5 Å². The van der Waals surface area contributed by atoms with Gasteiger partial charge < -0.3 is 15.4 Å². The molecule has 0 atom stereocenters. The number of hydrogen-bond donors (Lipinski definition) is 2. The molecule has 3 rings (SSSR count). The average molecular weight is 450 g/mol. The fourth-order valence-corrected chi connectivity index (χ4v) is 3.16. The summed E-state index contributed by atoms with van der Waals surface area (Å²) in [6, 6.07) is 12.1. The van der Waals surface area contributed by atoms with E-state index in [1.807, 2.05) is 0 Å². The number of halogens is 1. The summed E-state index contributed by atoms with van der Waals surface area (Å²) in [4.78, 5) is 36.9. The lowest BCUT2D eigenvalue weighted by atomic mass is 10.1. The van der Waals surface area contributed by atoms with Gasteiger partial charge in [0.15, 0.2) is 0 Å². The second kappa shape index (κ2) is 10.4. The molecule has 170 valence electrons. The second-order valence-corrected chi connectivity index (χ2v) is 7.27. The van der Waals surface area contributed by atoms with Gasteiger partial charge in [-0.2, -0.15) is 5.10 Å². The van der Waals surface area contributed by atoms with Gasteiger partial charge >= 0.3 is 5.97 Å². The lowest BCUT2D eigenvalue weighted by molar-refractivity contribution is -0.111. The highest BCUT2D eigenvalue weighted by Gasteiger charge is 2.14. The summed E-state index contributed by atoms with van der Waals surface area (Å²) in [5.74, 6) is -1.79. The summed E-state index contributed by atoms with van der Waals surface area (Å²) >= 11 is 0. The van der Waals surface area contributed by atoms with Crippen molar-refractivity contribution >= 4 is 29.5 Å². The molecule has 2 N–H and O–H groups in total. The summed E-state index contributed by atoms with van der Waals surface area (Å²) in [7, 11) is 2.92. The first-order valence-corrected chi connectivity index (χ1v) is 10.0. The van der Waals surface area contributed by atoms with E-state index in [-0.39, 0.29) is 18.0 Å². The van der Waals surface area contributed by atoms with Crippen molar-refractivity contribution in [1.82, 2.24) is 15.1 Å². The molecule has 0 bridgehead atoms. The number of esters is 1. The Hall–Kier alpha value is -4.27. The minimum Gasteiger partial charge on any atom is -0.465 e. The number of nitrogens with zero attached hydrogens (tertiary/aromatic N) is 2. The van der Waals surface area contributed by atoms with Gasteiger partial charge in [0.2, 0.25) is 5.91 Å². The standard InChI is InChI=1S/C24H23FN4O4/c1-15-9-21(29(2)28-15)23(31)26-14-17-10-18(24(32)33-3)13-20(12-17)27-22(30)8-7-16-5-4-6-19(25)11-16/h4-13H,14H2,1-3H3,(H,26,31)(H,27,30). The van der Waals surface area contributed by atoms with Crippen molar-refractivity contribution in [3.63, 3.8) is 0 Å². The number of carbonyl (C=O) groups excluding carboxylic acids is 3. The molecule has 3 aromatic rings. The van der Waals surface area contributed by atoms with Crippen LogP contribution < -0.4 is 10.6 Å². The third kappa shape index (κ3) is 6.36. The number of hydrogen-bond acceptors (Lipinski definition) is 5. The van der Waals surface area contributed by atoms with Crippen LogP contribution in [0.1, 0.15) is 37.7 Å². The number of anilines is 1. The second-order valence-electron chi connectivity index (χ2n) is 7.27. The number of methoxy groups -OCH3 is 1. The summed E-state index contributed by atoms with van der Waals surface area (Å²) in [6.45, 7) is 1.89. The lowest BCUT2D eigenvalue weighted by Crippen LogP contribution is -2.25. The Balaban J connectivity index is 1.75. The molecule has 0 radical (unpaired) electrons. The Labute approximate surface area is 190 Å². The summed E-state index contributed by atoms with van der Waals surface area (Å²) in [6.07, 6.45) is 2.73. The van der Waals surface area contributed by atoms with E-state index in [1.54, 1.807) is 44.3 Å². The summed E-state index contributed by atoms with van der Waals surface area (Å²) in [5.41, 5.74) is 2.77. The molecule has 2 aromatic carbocycles. The van der Waals surface area contributed by atoms with Crippen molar-refractivity contribution in [2.75, 3.05) is 12.4 Å². The first-order chi connectivity index (χ1) is 15.7. The molecule has 33 heavy (non-hydrogen) atoms. The monoisotopic (exact) mass is 450 g/mol. The van der Waals surface area contributed by atoms with Crippen molar-refractivity contribution in [3.8, 4) is 0 Å². The fraction of sp³-hybridized carbons (Fsp3) is 0.167. The Kier molecular flexibility index (Phi) is 7.34. The van der Waals surface area contributed by atoms with Crippen LogP contribution in [0.25, 0.3) is 6.08 Å². The highest BCUT2D eigenvalue weighted by Crippen LogP contribution is 2.17. The predicted molar refractivity (Wildman–Crippen MR) is 121 cm³/mol. The number of benzene rings is 2. The number of aryl methyl sites for hydroxylation is 2. The van der Waals surface area contributed by atoms with E-state index in [0.29, 0.717) is 28.2 Å². The fourth-order valence-electron chi connectivity index (χ4n) is 3.16. The largest absolute Gasteiger partial charge is 0.465 e. The molecule has 0 saturated heterocycles. The number of aromatic nitrogens is 2. The number of ether oxygens (including phenoxy) is 1. The molecule has 0 aliphatic heterocycles. The van der Waals surface area contributed by atoms with Gasteiger partial charge in [-0.3, -0.25) is 14.3 Å². The normalized spacial score (nSPS) is 10.8. The first kappa shape index (κ1) is 23.4.